The maximum Gasteiger partial charge on any atom is 0.328 e. The van der Waals surface area contributed by atoms with Crippen LogP contribution in [0.4, 0.5) is 0 Å². The van der Waals surface area contributed by atoms with Crippen molar-refractivity contribution in [1.82, 2.24) is 15.6 Å². The lowest BCUT2D eigenvalue weighted by Gasteiger charge is -2.32. The lowest BCUT2D eigenvalue weighted by molar-refractivity contribution is -0.145. The highest BCUT2D eigenvalue weighted by Gasteiger charge is 2.36. The summed E-state index contributed by atoms with van der Waals surface area (Å²) in [7, 11) is 2.69. The molecule has 12 nitrogen and oxygen atoms in total. The summed E-state index contributed by atoms with van der Waals surface area (Å²) in [5.74, 6) is -1.90. The number of aromatic nitrogens is 1. The maximum absolute atomic E-state index is 13.6. The van der Waals surface area contributed by atoms with Crippen LogP contribution in [0.25, 0.3) is 10.9 Å². The zero-order valence-corrected chi connectivity index (χ0v) is 26.6. The van der Waals surface area contributed by atoms with Crippen LogP contribution in [0.3, 0.4) is 0 Å². The molecule has 2 aromatic carbocycles. The maximum atomic E-state index is 13.6. The molecule has 0 saturated heterocycles. The van der Waals surface area contributed by atoms with E-state index in [2.05, 4.69) is 20.8 Å². The molecule has 3 aromatic rings. The summed E-state index contributed by atoms with van der Waals surface area (Å²) in [4.78, 5) is 47.8. The number of rotatable bonds is 15. The highest BCUT2D eigenvalue weighted by molar-refractivity contribution is 5.94. The molecule has 1 aromatic heterocycles. The molecule has 244 valence electrons. The highest BCUT2D eigenvalue weighted by atomic mass is 16.6. The van der Waals surface area contributed by atoms with E-state index >= 15 is 0 Å². The smallest absolute Gasteiger partial charge is 0.328 e. The average molecular weight is 625 g/mol. The number of methoxy groups -OCH3 is 2. The number of H-pyrrole nitrogens is 1. The van der Waals surface area contributed by atoms with Gasteiger partial charge in [0.05, 0.1) is 13.2 Å². The van der Waals surface area contributed by atoms with Gasteiger partial charge in [0, 0.05) is 37.1 Å². The van der Waals surface area contributed by atoms with Crippen molar-refractivity contribution in [3.63, 3.8) is 0 Å². The summed E-state index contributed by atoms with van der Waals surface area (Å²) in [6, 6.07) is 14.6. The fraction of sp³-hybridized carbons (Fsp3) is 0.455. The Morgan fingerprint density at radius 2 is 1.60 bits per heavy atom. The highest BCUT2D eigenvalue weighted by Crippen LogP contribution is 2.25. The van der Waals surface area contributed by atoms with Gasteiger partial charge in [-0.05, 0) is 29.5 Å². The van der Waals surface area contributed by atoms with Crippen molar-refractivity contribution in [3.05, 3.63) is 71.9 Å². The molecule has 2 amide bonds. The number of fused-ring (bicyclic) bond motifs is 1. The minimum Gasteiger partial charge on any atom is -0.467 e. The number of aliphatic hydroxyl groups is 2. The summed E-state index contributed by atoms with van der Waals surface area (Å²) in [6.45, 7) is 6.40. The minimum atomic E-state index is -1.40. The summed E-state index contributed by atoms with van der Waals surface area (Å²) in [6.07, 6.45) is -1.23. The van der Waals surface area contributed by atoms with E-state index in [1.807, 2.05) is 75.4 Å². The Morgan fingerprint density at radius 1 is 0.933 bits per heavy atom. The van der Waals surface area contributed by atoms with Crippen molar-refractivity contribution in [2.45, 2.75) is 70.9 Å². The van der Waals surface area contributed by atoms with E-state index in [4.69, 9.17) is 14.3 Å². The zero-order chi connectivity index (χ0) is 33.1. The topological polar surface area (TPSA) is 172 Å². The zero-order valence-electron chi connectivity index (χ0n) is 26.6. The van der Waals surface area contributed by atoms with Crippen molar-refractivity contribution in [1.29, 1.82) is 0 Å². The number of aromatic amines is 1. The monoisotopic (exact) mass is 624 g/mol. The van der Waals surface area contributed by atoms with E-state index in [0.29, 0.717) is 0 Å². The number of nitrogens with zero attached hydrogens (tertiary/aromatic N) is 1. The Hall–Kier alpha value is -4.26. The molecule has 5 N–H and O–H groups in total. The van der Waals surface area contributed by atoms with Crippen molar-refractivity contribution in [2.24, 2.45) is 10.6 Å². The largest absolute Gasteiger partial charge is 0.467 e. The first-order valence-electron chi connectivity index (χ1n) is 14.7. The normalized spacial score (nSPS) is 15.4. The van der Waals surface area contributed by atoms with Gasteiger partial charge in [-0.3, -0.25) is 9.59 Å². The average Bonchev–Trinajstić information content (AvgIpc) is 3.41. The number of esters is 1. The second kappa shape index (κ2) is 16.2. The molecule has 0 aliphatic heterocycles. The lowest BCUT2D eigenvalue weighted by atomic mass is 9.83. The molecule has 0 spiro atoms. The van der Waals surface area contributed by atoms with Crippen molar-refractivity contribution in [2.75, 3.05) is 20.8 Å². The van der Waals surface area contributed by atoms with Crippen LogP contribution in [-0.4, -0.2) is 89.9 Å². The van der Waals surface area contributed by atoms with Crippen LogP contribution in [0.5, 0.6) is 0 Å². The molecule has 0 saturated carbocycles. The molecule has 3 rings (SSSR count). The molecule has 45 heavy (non-hydrogen) atoms. The Balaban J connectivity index is 1.78. The molecule has 0 fully saturated rings. The third-order valence-electron chi connectivity index (χ3n) is 7.25. The van der Waals surface area contributed by atoms with Gasteiger partial charge in [0.15, 0.2) is 6.61 Å². The van der Waals surface area contributed by atoms with E-state index in [0.717, 1.165) is 22.0 Å². The van der Waals surface area contributed by atoms with Crippen LogP contribution in [0.15, 0.2) is 65.9 Å². The molecule has 2 unspecified atom stereocenters. The predicted octanol–water partition coefficient (Wildman–Crippen LogP) is 2.27. The number of carbonyl (C=O) groups is 3. The Morgan fingerprint density at radius 3 is 2.22 bits per heavy atom. The van der Waals surface area contributed by atoms with Crippen LogP contribution in [-0.2, 0) is 41.5 Å². The van der Waals surface area contributed by atoms with Gasteiger partial charge in [-0.2, -0.15) is 0 Å². The second-order valence-electron chi connectivity index (χ2n) is 11.9. The van der Waals surface area contributed by atoms with Crippen LogP contribution in [0.1, 0.15) is 38.8 Å². The molecule has 1 heterocycles. The van der Waals surface area contributed by atoms with Gasteiger partial charge in [0.2, 0.25) is 5.91 Å². The number of carbonyl (C=O) groups excluding carboxylic acids is 3. The van der Waals surface area contributed by atoms with Crippen LogP contribution >= 0.6 is 0 Å². The molecule has 0 radical (unpaired) electrons. The quantitative estimate of drug-likeness (QED) is 0.0974. The fourth-order valence-corrected chi connectivity index (χ4v) is 5.01. The number of aliphatic hydroxyl groups excluding tert-OH is 2. The number of hydrogen-bond acceptors (Lipinski definition) is 9. The van der Waals surface area contributed by atoms with Gasteiger partial charge in [-0.15, -0.1) is 0 Å². The molecule has 0 aliphatic rings. The first-order valence-corrected chi connectivity index (χ1v) is 14.7. The van der Waals surface area contributed by atoms with E-state index < -0.39 is 60.2 Å². The number of ether oxygens (including phenoxy) is 2. The number of amides is 2. The Kier molecular flexibility index (Phi) is 12.7. The van der Waals surface area contributed by atoms with Crippen LogP contribution in [0.2, 0.25) is 0 Å². The van der Waals surface area contributed by atoms with Crippen molar-refractivity contribution in [3.8, 4) is 0 Å². The van der Waals surface area contributed by atoms with E-state index in [-0.39, 0.29) is 18.6 Å². The molecular weight excluding hydrogens is 580 g/mol. The first kappa shape index (κ1) is 35.2. The third-order valence-corrected chi connectivity index (χ3v) is 7.25. The molecule has 12 heteroatoms. The SMILES string of the molecule is COC(=O)[C@H](Cc1c[nH]c2ccccc12)NC(=O)[C@H](Cc1ccccc1)NC(=O)CO/N=C(\C(O)C(C)O)[C@@H](OC)C(C)(C)C. The van der Waals surface area contributed by atoms with E-state index in [1.165, 1.54) is 21.1 Å². The predicted molar refractivity (Wildman–Crippen MR) is 169 cm³/mol. The Bertz CT molecular complexity index is 1450. The van der Waals surface area contributed by atoms with Gasteiger partial charge in [-0.1, -0.05) is 74.5 Å². The third kappa shape index (κ3) is 9.87. The van der Waals surface area contributed by atoms with Gasteiger partial charge < -0.3 is 40.1 Å². The Labute approximate surface area is 263 Å². The van der Waals surface area contributed by atoms with Gasteiger partial charge in [0.1, 0.15) is 30.0 Å². The summed E-state index contributed by atoms with van der Waals surface area (Å²) >= 11 is 0. The minimum absolute atomic E-state index is 0.0181. The summed E-state index contributed by atoms with van der Waals surface area (Å²) in [5.41, 5.74) is 1.98. The van der Waals surface area contributed by atoms with Gasteiger partial charge in [0.25, 0.3) is 5.91 Å². The molecule has 5 atom stereocenters. The van der Waals surface area contributed by atoms with Crippen molar-refractivity contribution >= 4 is 34.4 Å². The van der Waals surface area contributed by atoms with Gasteiger partial charge >= 0.3 is 5.97 Å². The lowest BCUT2D eigenvalue weighted by Crippen LogP contribution is -2.53. The standard InChI is InChI=1S/C33H44N4O8/c1-20(38)29(40)28(30(43-5)33(2,3)4)37-45-19-27(39)35-25(16-21-12-8-7-9-13-21)31(41)36-26(32(42)44-6)17-22-18-34-24-15-11-10-14-23(22)24/h7-15,18,20,25-26,29-30,34,38,40H,16-17,19H2,1-6H3,(H,35,39)(H,36,41)/b37-28+/t20?,25-,26-,29?,30+/m0/s1. The molecular formula is C33H44N4O8. The first-order chi connectivity index (χ1) is 21.3. The number of oxime groups is 1. The number of nitrogens with one attached hydrogen (secondary N) is 3. The van der Waals surface area contributed by atoms with Crippen molar-refractivity contribution < 1.29 is 38.9 Å². The number of benzene rings is 2. The van der Waals surface area contributed by atoms with Crippen LogP contribution < -0.4 is 10.6 Å². The van der Waals surface area contributed by atoms with Crippen LogP contribution in [0, 0.1) is 5.41 Å². The molecule has 0 aliphatic carbocycles. The summed E-state index contributed by atoms with van der Waals surface area (Å²) < 4.78 is 10.5. The van der Waals surface area contributed by atoms with E-state index in [1.54, 1.807) is 6.20 Å². The summed E-state index contributed by atoms with van der Waals surface area (Å²) in [5, 5.41) is 30.8. The fourth-order valence-electron chi connectivity index (χ4n) is 5.01. The van der Waals surface area contributed by atoms with Gasteiger partial charge in [-0.25, -0.2) is 4.79 Å². The number of hydrogen-bond donors (Lipinski definition) is 5. The number of para-hydroxylation sites is 1. The molecule has 0 bridgehead atoms. The van der Waals surface area contributed by atoms with E-state index in [9.17, 15) is 24.6 Å². The second-order valence-corrected chi connectivity index (χ2v) is 11.9.